The minimum absolute atomic E-state index is 0.331. The van der Waals surface area contributed by atoms with Gasteiger partial charge in [0.1, 0.15) is 0 Å². The summed E-state index contributed by atoms with van der Waals surface area (Å²) in [6.45, 7) is 5.37. The van der Waals surface area contributed by atoms with Crippen LogP contribution in [-0.2, 0) is 10.0 Å². The van der Waals surface area contributed by atoms with E-state index in [0.29, 0.717) is 49.0 Å². The predicted octanol–water partition coefficient (Wildman–Crippen LogP) is 3.93. The van der Waals surface area contributed by atoms with Crippen LogP contribution in [0, 0.1) is 23.2 Å². The zero-order valence-corrected chi connectivity index (χ0v) is 19.8. The molecule has 172 valence electrons. The molecule has 3 N–H and O–H groups in total. The summed E-state index contributed by atoms with van der Waals surface area (Å²) in [4.78, 5) is 0. The first-order valence-electron chi connectivity index (χ1n) is 11.8. The van der Waals surface area contributed by atoms with Gasteiger partial charge in [-0.05, 0) is 87.4 Å². The van der Waals surface area contributed by atoms with E-state index in [4.69, 9.17) is 0 Å². The van der Waals surface area contributed by atoms with Crippen molar-refractivity contribution in [3.05, 3.63) is 23.3 Å². The molecule has 0 aromatic rings. The van der Waals surface area contributed by atoms with E-state index in [0.717, 1.165) is 19.3 Å². The summed E-state index contributed by atoms with van der Waals surface area (Å²) in [6.07, 6.45) is 14.9. The Morgan fingerprint density at radius 2 is 1.90 bits per heavy atom. The molecule has 0 amide bonds. The van der Waals surface area contributed by atoms with Crippen LogP contribution >= 0.6 is 0 Å². The molecule has 0 radical (unpaired) electrons. The number of hydrogen-bond donors (Lipinski definition) is 3. The third-order valence-electron chi connectivity index (χ3n) is 8.00. The van der Waals surface area contributed by atoms with Gasteiger partial charge in [0.2, 0.25) is 10.0 Å². The molecule has 6 atom stereocenters. The Bertz CT molecular complexity index is 747. The summed E-state index contributed by atoms with van der Waals surface area (Å²) >= 11 is 0. The molecule has 0 spiro atoms. The highest BCUT2D eigenvalue weighted by Gasteiger charge is 2.50. The van der Waals surface area contributed by atoms with E-state index < -0.39 is 22.2 Å². The number of fused-ring (bicyclic) bond motifs is 1. The number of nitrogens with one attached hydrogen (secondary N) is 1. The summed E-state index contributed by atoms with van der Waals surface area (Å²) in [6, 6.07) is 0. The lowest BCUT2D eigenvalue weighted by Crippen LogP contribution is -2.36. The molecule has 0 saturated heterocycles. The van der Waals surface area contributed by atoms with Gasteiger partial charge in [-0.2, -0.15) is 0 Å². The molecule has 0 aromatic carbocycles. The molecule has 3 fully saturated rings. The van der Waals surface area contributed by atoms with E-state index >= 15 is 0 Å². The molecule has 5 nitrogen and oxygen atoms in total. The molecule has 3 saturated carbocycles. The number of aliphatic hydroxyl groups excluding tert-OH is 2. The van der Waals surface area contributed by atoms with Gasteiger partial charge >= 0.3 is 0 Å². The molecular formula is C24H41NO4S. The first-order chi connectivity index (χ1) is 14.1. The second-order valence-electron chi connectivity index (χ2n) is 10.4. The largest absolute Gasteiger partial charge is 0.393 e. The van der Waals surface area contributed by atoms with Crippen LogP contribution in [0.2, 0.25) is 0 Å². The normalized spacial score (nSPS) is 37.2. The average Bonchev–Trinajstić information content (AvgIpc) is 2.99. The molecule has 0 bridgehead atoms. The predicted molar refractivity (Wildman–Crippen MR) is 121 cm³/mol. The second-order valence-corrected chi connectivity index (χ2v) is 12.2. The van der Waals surface area contributed by atoms with Gasteiger partial charge in [-0.1, -0.05) is 37.1 Å². The Morgan fingerprint density at radius 1 is 1.20 bits per heavy atom. The maximum Gasteiger partial charge on any atom is 0.208 e. The van der Waals surface area contributed by atoms with Gasteiger partial charge in [-0.3, -0.25) is 0 Å². The fraction of sp³-hybridized carbons (Fsp3) is 0.833. The lowest BCUT2D eigenvalue weighted by Gasteiger charge is -2.44. The first kappa shape index (κ1) is 24.0. The number of aliphatic hydroxyl groups is 2. The lowest BCUT2D eigenvalue weighted by molar-refractivity contribution is 0.0609. The smallest absolute Gasteiger partial charge is 0.208 e. The van der Waals surface area contributed by atoms with E-state index in [-0.39, 0.29) is 0 Å². The van der Waals surface area contributed by atoms with Crippen LogP contribution in [0.5, 0.6) is 0 Å². The van der Waals surface area contributed by atoms with Crippen molar-refractivity contribution in [2.24, 2.45) is 23.2 Å². The van der Waals surface area contributed by atoms with Gasteiger partial charge in [0.25, 0.3) is 0 Å². The van der Waals surface area contributed by atoms with Crippen LogP contribution in [-0.4, -0.2) is 43.6 Å². The molecule has 0 aromatic heterocycles. The van der Waals surface area contributed by atoms with Crippen molar-refractivity contribution in [2.45, 2.75) is 90.3 Å². The molecule has 0 heterocycles. The summed E-state index contributed by atoms with van der Waals surface area (Å²) < 4.78 is 25.2. The standard InChI is InChI=1S/C24H41NO4S/c1-17(6-5-13-25-30(3,28)29)22-10-11-23-19(7-4-12-24(22,23)2)9-8-18-14-20(26)16-21(27)15-18/h8-9,17,20-23,25-27H,4-7,10-16H2,1-3H3/b19-9-/t17-,20-,21-,22-,23+,24-/m1/s1. The highest BCUT2D eigenvalue weighted by Crippen LogP contribution is 2.59. The average molecular weight is 440 g/mol. The SMILES string of the molecule is C[C@H](CCCNS(C)(=O)=O)[C@H]1CC[C@H]2/C(=C\C=C3C[C@@H](O)C[C@H](O)C3)CCC[C@]12C. The van der Waals surface area contributed by atoms with Gasteiger partial charge in [0, 0.05) is 6.54 Å². The highest BCUT2D eigenvalue weighted by atomic mass is 32.2. The van der Waals surface area contributed by atoms with Gasteiger partial charge < -0.3 is 10.2 Å². The van der Waals surface area contributed by atoms with E-state index in [1.807, 2.05) is 0 Å². The van der Waals surface area contributed by atoms with E-state index in [2.05, 4.69) is 30.7 Å². The van der Waals surface area contributed by atoms with Crippen molar-refractivity contribution >= 4 is 10.0 Å². The number of hydrogen-bond acceptors (Lipinski definition) is 4. The third-order valence-corrected chi connectivity index (χ3v) is 8.73. The van der Waals surface area contributed by atoms with E-state index in [1.165, 1.54) is 37.5 Å². The van der Waals surface area contributed by atoms with Crippen molar-refractivity contribution in [2.75, 3.05) is 12.8 Å². The highest BCUT2D eigenvalue weighted by molar-refractivity contribution is 7.88. The summed E-state index contributed by atoms with van der Waals surface area (Å²) in [5, 5.41) is 19.9. The Labute approximate surface area is 183 Å². The molecule has 3 aliphatic carbocycles. The van der Waals surface area contributed by atoms with Gasteiger partial charge in [0.15, 0.2) is 0 Å². The van der Waals surface area contributed by atoms with Crippen LogP contribution in [0.25, 0.3) is 0 Å². The maximum atomic E-state index is 11.3. The van der Waals surface area contributed by atoms with Crippen LogP contribution in [0.1, 0.15) is 78.1 Å². The molecule has 3 rings (SSSR count). The van der Waals surface area contributed by atoms with Crippen LogP contribution in [0.3, 0.4) is 0 Å². The van der Waals surface area contributed by atoms with E-state index in [1.54, 1.807) is 5.57 Å². The minimum atomic E-state index is -3.10. The van der Waals surface area contributed by atoms with Crippen molar-refractivity contribution in [3.8, 4) is 0 Å². The quantitative estimate of drug-likeness (QED) is 0.525. The van der Waals surface area contributed by atoms with Gasteiger partial charge in [-0.15, -0.1) is 0 Å². The van der Waals surface area contributed by atoms with Crippen molar-refractivity contribution in [3.63, 3.8) is 0 Å². The fourth-order valence-corrected chi connectivity index (χ4v) is 7.14. The van der Waals surface area contributed by atoms with Crippen LogP contribution in [0.15, 0.2) is 23.3 Å². The zero-order chi connectivity index (χ0) is 21.9. The van der Waals surface area contributed by atoms with Crippen LogP contribution in [0.4, 0.5) is 0 Å². The van der Waals surface area contributed by atoms with E-state index in [9.17, 15) is 18.6 Å². The van der Waals surface area contributed by atoms with Crippen molar-refractivity contribution in [1.82, 2.24) is 4.72 Å². The summed E-state index contributed by atoms with van der Waals surface area (Å²) in [5.74, 6) is 1.92. The number of sulfonamides is 1. The first-order valence-corrected chi connectivity index (χ1v) is 13.7. The second kappa shape index (κ2) is 9.85. The Hall–Kier alpha value is -0.690. The number of allylic oxidation sites excluding steroid dienone is 3. The summed E-state index contributed by atoms with van der Waals surface area (Å²) in [7, 11) is -3.10. The topological polar surface area (TPSA) is 86.6 Å². The molecular weight excluding hydrogens is 398 g/mol. The summed E-state index contributed by atoms with van der Waals surface area (Å²) in [5.41, 5.74) is 3.05. The Balaban J connectivity index is 1.63. The molecule has 0 aliphatic heterocycles. The minimum Gasteiger partial charge on any atom is -0.393 e. The maximum absolute atomic E-state index is 11.3. The molecule has 0 unspecified atom stereocenters. The number of rotatable bonds is 7. The van der Waals surface area contributed by atoms with Gasteiger partial charge in [-0.25, -0.2) is 13.1 Å². The molecule has 30 heavy (non-hydrogen) atoms. The third kappa shape index (κ3) is 5.96. The Morgan fingerprint density at radius 3 is 2.57 bits per heavy atom. The van der Waals surface area contributed by atoms with Crippen molar-refractivity contribution in [1.29, 1.82) is 0 Å². The van der Waals surface area contributed by atoms with Crippen LogP contribution < -0.4 is 4.72 Å². The molecule has 3 aliphatic rings. The monoisotopic (exact) mass is 439 g/mol. The van der Waals surface area contributed by atoms with Gasteiger partial charge in [0.05, 0.1) is 18.5 Å². The van der Waals surface area contributed by atoms with Crippen molar-refractivity contribution < 1.29 is 18.6 Å². The molecule has 6 heteroatoms. The zero-order valence-electron chi connectivity index (χ0n) is 18.9. The Kier molecular flexibility index (Phi) is 7.86. The fourth-order valence-electron chi connectivity index (χ4n) is 6.63. The lowest BCUT2D eigenvalue weighted by atomic mass is 9.60.